The van der Waals surface area contributed by atoms with E-state index in [1.54, 1.807) is 0 Å². The van der Waals surface area contributed by atoms with Crippen molar-refractivity contribution in [3.8, 4) is 0 Å². The third-order valence-electron chi connectivity index (χ3n) is 4.10. The molecule has 0 saturated heterocycles. The van der Waals surface area contributed by atoms with Crippen LogP contribution in [-0.4, -0.2) is 12.6 Å². The lowest BCUT2D eigenvalue weighted by Gasteiger charge is -2.22. The minimum absolute atomic E-state index is 0.0921. The molecule has 3 rings (SSSR count). The topological polar surface area (TPSA) is 25.2 Å². The number of aryl methyl sites for hydroxylation is 1. The summed E-state index contributed by atoms with van der Waals surface area (Å²) in [5, 5.41) is 4.80. The zero-order valence-corrected chi connectivity index (χ0v) is 12.1. The minimum atomic E-state index is 0.0921. The van der Waals surface area contributed by atoms with E-state index >= 15 is 0 Å². The highest BCUT2D eigenvalue weighted by molar-refractivity contribution is 5.78. The van der Waals surface area contributed by atoms with Crippen LogP contribution in [0.15, 0.2) is 28.7 Å². The first-order valence-corrected chi connectivity index (χ1v) is 7.29. The van der Waals surface area contributed by atoms with Gasteiger partial charge >= 0.3 is 0 Å². The molecule has 1 fully saturated rings. The van der Waals surface area contributed by atoms with Gasteiger partial charge in [0, 0.05) is 16.8 Å². The van der Waals surface area contributed by atoms with Crippen molar-refractivity contribution in [2.24, 2.45) is 0 Å². The van der Waals surface area contributed by atoms with E-state index in [0.29, 0.717) is 0 Å². The summed E-state index contributed by atoms with van der Waals surface area (Å²) in [5.74, 6) is 1.10. The van der Waals surface area contributed by atoms with Gasteiger partial charge in [-0.2, -0.15) is 0 Å². The first-order chi connectivity index (χ1) is 9.04. The van der Waals surface area contributed by atoms with Crippen molar-refractivity contribution >= 4 is 11.0 Å². The third kappa shape index (κ3) is 2.84. The fourth-order valence-electron chi connectivity index (χ4n) is 2.50. The summed E-state index contributed by atoms with van der Waals surface area (Å²) in [4.78, 5) is 0. The quantitative estimate of drug-likeness (QED) is 0.870. The molecule has 2 aromatic rings. The first-order valence-electron chi connectivity index (χ1n) is 7.29. The molecule has 1 aromatic carbocycles. The number of benzene rings is 1. The van der Waals surface area contributed by atoms with Gasteiger partial charge in [0.15, 0.2) is 0 Å². The average Bonchev–Trinajstić information content (AvgIpc) is 3.06. The average molecular weight is 257 g/mol. The van der Waals surface area contributed by atoms with Gasteiger partial charge in [-0.25, -0.2) is 0 Å². The molecule has 1 aromatic heterocycles. The Morgan fingerprint density at radius 1 is 1.26 bits per heavy atom. The predicted octanol–water partition coefficient (Wildman–Crippen LogP) is 4.16. The lowest BCUT2D eigenvalue weighted by molar-refractivity contribution is 0.370. The maximum atomic E-state index is 6.03. The maximum Gasteiger partial charge on any atom is 0.134 e. The molecule has 19 heavy (non-hydrogen) atoms. The van der Waals surface area contributed by atoms with Crippen LogP contribution in [-0.2, 0) is 5.41 Å². The molecule has 0 atom stereocenters. The van der Waals surface area contributed by atoms with Crippen LogP contribution >= 0.6 is 0 Å². The zero-order chi connectivity index (χ0) is 13.5. The molecule has 1 saturated carbocycles. The highest BCUT2D eigenvalue weighted by atomic mass is 16.3. The van der Waals surface area contributed by atoms with Gasteiger partial charge in [-0.1, -0.05) is 25.5 Å². The van der Waals surface area contributed by atoms with Crippen LogP contribution in [0.2, 0.25) is 0 Å². The van der Waals surface area contributed by atoms with Gasteiger partial charge in [0.1, 0.15) is 11.3 Å². The van der Waals surface area contributed by atoms with Crippen molar-refractivity contribution in [3.05, 3.63) is 35.6 Å². The van der Waals surface area contributed by atoms with Gasteiger partial charge in [-0.05, 0) is 50.9 Å². The second-order valence-electron chi connectivity index (χ2n) is 6.51. The van der Waals surface area contributed by atoms with Gasteiger partial charge in [-0.15, -0.1) is 0 Å². The summed E-state index contributed by atoms with van der Waals surface area (Å²) >= 11 is 0. The van der Waals surface area contributed by atoms with E-state index in [1.807, 2.05) is 0 Å². The second kappa shape index (κ2) is 4.68. The molecule has 0 spiro atoms. The predicted molar refractivity (Wildman–Crippen MR) is 79.6 cm³/mol. The van der Waals surface area contributed by atoms with Crippen molar-refractivity contribution in [1.29, 1.82) is 0 Å². The molecule has 1 N–H and O–H groups in total. The summed E-state index contributed by atoms with van der Waals surface area (Å²) in [6.07, 6.45) is 3.82. The van der Waals surface area contributed by atoms with Crippen LogP contribution in [0.3, 0.4) is 0 Å². The van der Waals surface area contributed by atoms with E-state index in [2.05, 4.69) is 50.4 Å². The Bertz CT molecular complexity index is 578. The van der Waals surface area contributed by atoms with Gasteiger partial charge in [0.05, 0.1) is 0 Å². The molecule has 0 radical (unpaired) electrons. The Labute approximate surface area is 115 Å². The lowest BCUT2D eigenvalue weighted by atomic mass is 9.86. The second-order valence-corrected chi connectivity index (χ2v) is 6.51. The molecule has 1 aliphatic rings. The lowest BCUT2D eigenvalue weighted by Crippen LogP contribution is -2.26. The highest BCUT2D eigenvalue weighted by Crippen LogP contribution is 2.32. The Morgan fingerprint density at radius 3 is 2.79 bits per heavy atom. The SMILES string of the molecule is Cc1ccc2oc(C(C)(C)CCNC3CC3)cc2c1. The summed E-state index contributed by atoms with van der Waals surface area (Å²) < 4.78 is 6.03. The van der Waals surface area contributed by atoms with Crippen LogP contribution in [0.5, 0.6) is 0 Å². The van der Waals surface area contributed by atoms with Crippen LogP contribution < -0.4 is 5.32 Å². The maximum absolute atomic E-state index is 6.03. The Hall–Kier alpha value is -1.28. The standard InChI is InChI=1S/C17H23NO/c1-12-4-7-15-13(10-12)11-16(19-15)17(2,3)8-9-18-14-5-6-14/h4,7,10-11,14,18H,5-6,8-9H2,1-3H3. The van der Waals surface area contributed by atoms with E-state index in [1.165, 1.54) is 23.8 Å². The number of rotatable bonds is 5. The van der Waals surface area contributed by atoms with Crippen molar-refractivity contribution in [1.82, 2.24) is 5.32 Å². The van der Waals surface area contributed by atoms with E-state index in [9.17, 15) is 0 Å². The Balaban J connectivity index is 1.76. The molecule has 0 bridgehead atoms. The Kier molecular flexibility index (Phi) is 3.14. The van der Waals surface area contributed by atoms with Crippen molar-refractivity contribution in [3.63, 3.8) is 0 Å². The summed E-state index contributed by atoms with van der Waals surface area (Å²) in [6.45, 7) is 7.74. The van der Waals surface area contributed by atoms with E-state index in [0.717, 1.165) is 30.4 Å². The number of hydrogen-bond donors (Lipinski definition) is 1. The highest BCUT2D eigenvalue weighted by Gasteiger charge is 2.26. The molecule has 2 nitrogen and oxygen atoms in total. The van der Waals surface area contributed by atoms with Gasteiger partial charge < -0.3 is 9.73 Å². The molecule has 0 aliphatic heterocycles. The fraction of sp³-hybridized carbons (Fsp3) is 0.529. The van der Waals surface area contributed by atoms with Crippen LogP contribution in [0.25, 0.3) is 11.0 Å². The largest absolute Gasteiger partial charge is 0.461 e. The van der Waals surface area contributed by atoms with E-state index in [4.69, 9.17) is 4.42 Å². The summed E-state index contributed by atoms with van der Waals surface area (Å²) in [5.41, 5.74) is 2.38. The van der Waals surface area contributed by atoms with Crippen LogP contribution in [0, 0.1) is 6.92 Å². The number of nitrogens with one attached hydrogen (secondary N) is 1. The zero-order valence-electron chi connectivity index (χ0n) is 12.1. The molecule has 102 valence electrons. The molecule has 1 heterocycles. The van der Waals surface area contributed by atoms with Crippen molar-refractivity contribution in [2.75, 3.05) is 6.54 Å². The van der Waals surface area contributed by atoms with E-state index < -0.39 is 0 Å². The fourth-order valence-corrected chi connectivity index (χ4v) is 2.50. The van der Waals surface area contributed by atoms with E-state index in [-0.39, 0.29) is 5.41 Å². The monoisotopic (exact) mass is 257 g/mol. The molecular formula is C17H23NO. The molecule has 0 unspecified atom stereocenters. The van der Waals surface area contributed by atoms with Gasteiger partial charge in [0.25, 0.3) is 0 Å². The molecular weight excluding hydrogens is 234 g/mol. The normalized spacial score (nSPS) is 16.2. The number of hydrogen-bond acceptors (Lipinski definition) is 2. The van der Waals surface area contributed by atoms with Crippen molar-refractivity contribution < 1.29 is 4.42 Å². The first kappa shape index (κ1) is 12.7. The third-order valence-corrected chi connectivity index (χ3v) is 4.10. The van der Waals surface area contributed by atoms with Crippen molar-refractivity contribution in [2.45, 2.75) is 51.5 Å². The van der Waals surface area contributed by atoms with Gasteiger partial charge in [0.2, 0.25) is 0 Å². The van der Waals surface area contributed by atoms with Crippen LogP contribution in [0.1, 0.15) is 44.4 Å². The molecule has 0 amide bonds. The number of furan rings is 1. The summed E-state index contributed by atoms with van der Waals surface area (Å²) in [6, 6.07) is 9.37. The number of fused-ring (bicyclic) bond motifs is 1. The van der Waals surface area contributed by atoms with Gasteiger partial charge in [-0.3, -0.25) is 0 Å². The molecule has 1 aliphatic carbocycles. The summed E-state index contributed by atoms with van der Waals surface area (Å²) in [7, 11) is 0. The molecule has 2 heteroatoms. The minimum Gasteiger partial charge on any atom is -0.461 e. The Morgan fingerprint density at radius 2 is 2.05 bits per heavy atom. The smallest absolute Gasteiger partial charge is 0.134 e. The van der Waals surface area contributed by atoms with Crippen LogP contribution in [0.4, 0.5) is 0 Å².